The van der Waals surface area contributed by atoms with Crippen LogP contribution < -0.4 is 0 Å². The highest BCUT2D eigenvalue weighted by Crippen LogP contribution is 2.27. The highest BCUT2D eigenvalue weighted by molar-refractivity contribution is 6.04. The number of hydrogen-bond acceptors (Lipinski definition) is 2. The van der Waals surface area contributed by atoms with Gasteiger partial charge < -0.3 is 4.90 Å². The molecule has 0 aromatic heterocycles. The second-order valence-corrected chi connectivity index (χ2v) is 3.62. The van der Waals surface area contributed by atoms with Crippen LogP contribution in [-0.4, -0.2) is 40.9 Å². The minimum Gasteiger partial charge on any atom is -0.312 e. The Hall–Kier alpha value is -1.06. The molecule has 0 aromatic carbocycles. The van der Waals surface area contributed by atoms with Gasteiger partial charge in [0.15, 0.2) is 0 Å². The Bertz CT molecular complexity index is 230. The predicted octanol–water partition coefficient (Wildman–Crippen LogP) is 0.823. The molecule has 0 N–H and O–H groups in total. The molecule has 0 unspecified atom stereocenters. The summed E-state index contributed by atoms with van der Waals surface area (Å²) in [4.78, 5) is 26.4. The predicted molar refractivity (Wildman–Crippen MR) is 47.1 cm³/mol. The van der Waals surface area contributed by atoms with Crippen LogP contribution in [0.25, 0.3) is 0 Å². The Morgan fingerprint density at radius 2 is 2.23 bits per heavy atom. The third-order valence-corrected chi connectivity index (χ3v) is 2.73. The van der Waals surface area contributed by atoms with Crippen LogP contribution in [0.1, 0.15) is 26.2 Å². The molecule has 72 valence electrons. The summed E-state index contributed by atoms with van der Waals surface area (Å²) >= 11 is 0. The molecule has 13 heavy (non-hydrogen) atoms. The maximum Gasteiger partial charge on any atom is 0.327 e. The molecular weight excluding hydrogens is 168 g/mol. The number of hydrogen-bond donors (Lipinski definition) is 0. The molecular formula is C9H14N2O2. The van der Waals surface area contributed by atoms with Crippen LogP contribution in [0.4, 0.5) is 4.79 Å². The molecule has 0 radical (unpaired) electrons. The van der Waals surface area contributed by atoms with Crippen LogP contribution in [0.3, 0.4) is 0 Å². The number of carbonyl (C=O) groups is 2. The lowest BCUT2D eigenvalue weighted by Crippen LogP contribution is -2.33. The third kappa shape index (κ3) is 1.12. The fourth-order valence-corrected chi connectivity index (χ4v) is 2.11. The van der Waals surface area contributed by atoms with Gasteiger partial charge in [-0.3, -0.25) is 9.69 Å². The zero-order valence-electron chi connectivity index (χ0n) is 7.82. The first kappa shape index (κ1) is 8.53. The number of rotatable bonds is 2. The van der Waals surface area contributed by atoms with Crippen LogP contribution in [0.5, 0.6) is 0 Å². The number of amides is 3. The van der Waals surface area contributed by atoms with Gasteiger partial charge in [-0.1, -0.05) is 6.92 Å². The molecule has 0 bridgehead atoms. The fraction of sp³-hybridized carbons (Fsp3) is 0.778. The molecule has 0 spiro atoms. The Labute approximate surface area is 77.5 Å². The number of fused-ring (bicyclic) bond motifs is 1. The molecule has 4 nitrogen and oxygen atoms in total. The van der Waals surface area contributed by atoms with Crippen LogP contribution >= 0.6 is 0 Å². The lowest BCUT2D eigenvalue weighted by molar-refractivity contribution is -0.127. The number of imide groups is 1. The van der Waals surface area contributed by atoms with E-state index in [9.17, 15) is 9.59 Å². The van der Waals surface area contributed by atoms with Crippen molar-refractivity contribution in [3.05, 3.63) is 0 Å². The van der Waals surface area contributed by atoms with E-state index in [1.54, 1.807) is 4.90 Å². The van der Waals surface area contributed by atoms with E-state index in [-0.39, 0.29) is 18.0 Å². The monoisotopic (exact) mass is 182 g/mol. The molecule has 2 rings (SSSR count). The van der Waals surface area contributed by atoms with E-state index in [0.717, 1.165) is 25.8 Å². The van der Waals surface area contributed by atoms with Gasteiger partial charge >= 0.3 is 6.03 Å². The highest BCUT2D eigenvalue weighted by atomic mass is 16.2. The number of carbonyl (C=O) groups excluding carboxylic acids is 2. The summed E-state index contributed by atoms with van der Waals surface area (Å²) in [5.74, 6) is 0.0179. The molecule has 0 aromatic rings. The van der Waals surface area contributed by atoms with Gasteiger partial charge in [0.25, 0.3) is 5.91 Å². The molecule has 2 aliphatic rings. The molecule has 2 aliphatic heterocycles. The normalized spacial score (nSPS) is 27.3. The third-order valence-electron chi connectivity index (χ3n) is 2.73. The number of urea groups is 1. The first-order valence-corrected chi connectivity index (χ1v) is 4.87. The van der Waals surface area contributed by atoms with E-state index in [1.807, 2.05) is 6.92 Å². The van der Waals surface area contributed by atoms with Crippen molar-refractivity contribution in [1.82, 2.24) is 9.80 Å². The highest BCUT2D eigenvalue weighted by Gasteiger charge is 2.46. The summed E-state index contributed by atoms with van der Waals surface area (Å²) in [7, 11) is 0. The maximum absolute atomic E-state index is 11.7. The summed E-state index contributed by atoms with van der Waals surface area (Å²) in [6.07, 6.45) is 2.67. The van der Waals surface area contributed by atoms with Gasteiger partial charge in [-0.25, -0.2) is 4.79 Å². The Morgan fingerprint density at radius 3 is 2.85 bits per heavy atom. The topological polar surface area (TPSA) is 40.6 Å². The summed E-state index contributed by atoms with van der Waals surface area (Å²) in [6.45, 7) is 3.31. The lowest BCUT2D eigenvalue weighted by atomic mass is 10.2. The van der Waals surface area contributed by atoms with Gasteiger partial charge in [0.1, 0.15) is 6.04 Å². The molecule has 3 amide bonds. The Balaban J connectivity index is 2.16. The second-order valence-electron chi connectivity index (χ2n) is 3.62. The van der Waals surface area contributed by atoms with Gasteiger partial charge in [-0.2, -0.15) is 0 Å². The minimum absolute atomic E-state index is 0.0179. The smallest absolute Gasteiger partial charge is 0.312 e. The van der Waals surface area contributed by atoms with E-state index in [4.69, 9.17) is 0 Å². The van der Waals surface area contributed by atoms with Gasteiger partial charge in [-0.05, 0) is 19.3 Å². The molecule has 0 saturated carbocycles. The van der Waals surface area contributed by atoms with Gasteiger partial charge in [0.2, 0.25) is 0 Å². The summed E-state index contributed by atoms with van der Waals surface area (Å²) in [5.41, 5.74) is 0. The lowest BCUT2D eigenvalue weighted by Gasteiger charge is -2.13. The maximum atomic E-state index is 11.7. The fourth-order valence-electron chi connectivity index (χ4n) is 2.11. The van der Waals surface area contributed by atoms with Crippen molar-refractivity contribution in [3.8, 4) is 0 Å². The largest absolute Gasteiger partial charge is 0.327 e. The van der Waals surface area contributed by atoms with Crippen LogP contribution in [0, 0.1) is 0 Å². The van der Waals surface area contributed by atoms with Crippen molar-refractivity contribution in [2.75, 3.05) is 13.1 Å². The summed E-state index contributed by atoms with van der Waals surface area (Å²) < 4.78 is 0. The Morgan fingerprint density at radius 1 is 1.46 bits per heavy atom. The molecule has 2 saturated heterocycles. The van der Waals surface area contributed by atoms with Crippen molar-refractivity contribution < 1.29 is 9.59 Å². The average molecular weight is 182 g/mol. The SMILES string of the molecule is CCCN1C(=O)[C@@H]2CCCN2C1=O. The molecule has 1 atom stereocenters. The molecule has 0 aliphatic carbocycles. The van der Waals surface area contributed by atoms with Crippen molar-refractivity contribution >= 4 is 11.9 Å². The second kappa shape index (κ2) is 3.01. The van der Waals surface area contributed by atoms with Crippen molar-refractivity contribution in [1.29, 1.82) is 0 Å². The minimum atomic E-state index is -0.126. The van der Waals surface area contributed by atoms with Crippen LogP contribution in [-0.2, 0) is 4.79 Å². The molecule has 2 heterocycles. The van der Waals surface area contributed by atoms with E-state index in [0.29, 0.717) is 6.54 Å². The van der Waals surface area contributed by atoms with E-state index >= 15 is 0 Å². The molecule has 4 heteroatoms. The first-order valence-electron chi connectivity index (χ1n) is 4.87. The van der Waals surface area contributed by atoms with Gasteiger partial charge in [0, 0.05) is 13.1 Å². The molecule has 2 fully saturated rings. The first-order chi connectivity index (χ1) is 6.25. The van der Waals surface area contributed by atoms with E-state index < -0.39 is 0 Å². The standard InChI is InChI=1S/C9H14N2O2/c1-2-5-11-8(12)7-4-3-6-10(7)9(11)13/h7H,2-6H2,1H3/t7-/m0/s1. The quantitative estimate of drug-likeness (QED) is 0.593. The average Bonchev–Trinajstić information content (AvgIpc) is 2.66. The number of nitrogens with zero attached hydrogens (tertiary/aromatic N) is 2. The van der Waals surface area contributed by atoms with Crippen LogP contribution in [0.15, 0.2) is 0 Å². The Kier molecular flexibility index (Phi) is 1.98. The van der Waals surface area contributed by atoms with Crippen molar-refractivity contribution in [2.45, 2.75) is 32.2 Å². The summed E-state index contributed by atoms with van der Waals surface area (Å²) in [6, 6.07) is -0.201. The zero-order chi connectivity index (χ0) is 9.42. The van der Waals surface area contributed by atoms with Crippen molar-refractivity contribution in [2.24, 2.45) is 0 Å². The van der Waals surface area contributed by atoms with Gasteiger partial charge in [0.05, 0.1) is 0 Å². The van der Waals surface area contributed by atoms with Crippen LogP contribution in [0.2, 0.25) is 0 Å². The van der Waals surface area contributed by atoms with E-state index in [2.05, 4.69) is 0 Å². The summed E-state index contributed by atoms with van der Waals surface area (Å²) in [5, 5.41) is 0. The van der Waals surface area contributed by atoms with Gasteiger partial charge in [-0.15, -0.1) is 0 Å². The van der Waals surface area contributed by atoms with Crippen molar-refractivity contribution in [3.63, 3.8) is 0 Å². The van der Waals surface area contributed by atoms with E-state index in [1.165, 1.54) is 4.90 Å². The zero-order valence-corrected chi connectivity index (χ0v) is 7.82.